The van der Waals surface area contributed by atoms with Crippen molar-refractivity contribution in [2.45, 2.75) is 6.42 Å². The second-order valence-corrected chi connectivity index (χ2v) is 4.47. The molecule has 0 atom stereocenters. The number of ether oxygens (including phenoxy) is 1. The molecule has 1 aromatic carbocycles. The number of amides is 1. The van der Waals surface area contributed by atoms with Crippen molar-refractivity contribution in [2.24, 2.45) is 0 Å². The first-order valence-electron chi connectivity index (χ1n) is 6.42. The van der Waals surface area contributed by atoms with E-state index in [1.807, 2.05) is 43.3 Å². The fourth-order valence-corrected chi connectivity index (χ4v) is 1.72. The van der Waals surface area contributed by atoms with E-state index >= 15 is 0 Å². The predicted molar refractivity (Wildman–Crippen MR) is 77.7 cm³/mol. The lowest BCUT2D eigenvalue weighted by atomic mass is 10.3. The number of carbonyl (C=O) groups excluding carboxylic acids is 1. The largest absolute Gasteiger partial charge is 0.497 e. The summed E-state index contributed by atoms with van der Waals surface area (Å²) in [5.74, 6) is 0.777. The molecule has 0 unspecified atom stereocenters. The Kier molecular flexibility index (Phi) is 6.92. The Balaban J connectivity index is 2.33. The first kappa shape index (κ1) is 15.5. The summed E-state index contributed by atoms with van der Waals surface area (Å²) in [5, 5.41) is 5.95. The summed E-state index contributed by atoms with van der Waals surface area (Å²) in [5.41, 5.74) is 0.787. The Hall–Kier alpha value is -1.59. The molecule has 0 saturated heterocycles. The van der Waals surface area contributed by atoms with Crippen LogP contribution in [0.15, 0.2) is 24.3 Å². The summed E-state index contributed by atoms with van der Waals surface area (Å²) in [6, 6.07) is 7.31. The molecule has 0 radical (unpaired) electrons. The van der Waals surface area contributed by atoms with Gasteiger partial charge in [-0.2, -0.15) is 0 Å². The molecule has 2 N–H and O–H groups in total. The lowest BCUT2D eigenvalue weighted by Crippen LogP contribution is -2.31. The number of nitrogens with zero attached hydrogens (tertiary/aromatic N) is 1. The zero-order valence-electron chi connectivity index (χ0n) is 11.9. The fraction of sp³-hybridized carbons (Fsp3) is 0.500. The lowest BCUT2D eigenvalue weighted by Gasteiger charge is -2.16. The van der Waals surface area contributed by atoms with Gasteiger partial charge in [0, 0.05) is 5.69 Å². The number of carbonyl (C=O) groups is 1. The molecule has 5 heteroatoms. The van der Waals surface area contributed by atoms with Crippen LogP contribution in [0.2, 0.25) is 0 Å². The van der Waals surface area contributed by atoms with Gasteiger partial charge in [0.2, 0.25) is 5.91 Å². The zero-order valence-corrected chi connectivity index (χ0v) is 11.9. The van der Waals surface area contributed by atoms with Crippen molar-refractivity contribution in [3.63, 3.8) is 0 Å². The van der Waals surface area contributed by atoms with Gasteiger partial charge in [0.25, 0.3) is 0 Å². The van der Waals surface area contributed by atoms with Gasteiger partial charge in [-0.05, 0) is 57.9 Å². The molecule has 0 aliphatic rings. The number of likely N-dealkylation sites (N-methyl/N-ethyl adjacent to an activating group) is 1. The Morgan fingerprint density at radius 3 is 2.58 bits per heavy atom. The Bertz CT molecular complexity index is 379. The van der Waals surface area contributed by atoms with Crippen molar-refractivity contribution in [3.8, 4) is 5.75 Å². The molecular weight excluding hydrogens is 242 g/mol. The normalized spacial score (nSPS) is 10.5. The summed E-state index contributed by atoms with van der Waals surface area (Å²) in [7, 11) is 5.49. The molecule has 1 aromatic rings. The highest BCUT2D eigenvalue weighted by Gasteiger charge is 2.06. The van der Waals surface area contributed by atoms with Gasteiger partial charge in [-0.15, -0.1) is 0 Å². The molecule has 0 aliphatic heterocycles. The van der Waals surface area contributed by atoms with Crippen LogP contribution in [0.4, 0.5) is 5.69 Å². The maximum absolute atomic E-state index is 11.8. The van der Waals surface area contributed by atoms with Gasteiger partial charge < -0.3 is 15.4 Å². The Labute approximate surface area is 114 Å². The Morgan fingerprint density at radius 1 is 1.32 bits per heavy atom. The highest BCUT2D eigenvalue weighted by Crippen LogP contribution is 2.14. The van der Waals surface area contributed by atoms with Gasteiger partial charge in [-0.25, -0.2) is 0 Å². The zero-order chi connectivity index (χ0) is 14.1. The minimum atomic E-state index is -0.00266. The third kappa shape index (κ3) is 6.22. The maximum atomic E-state index is 11.8. The molecule has 0 saturated carbocycles. The van der Waals surface area contributed by atoms with Crippen LogP contribution >= 0.6 is 0 Å². The maximum Gasteiger partial charge on any atom is 0.238 e. The van der Waals surface area contributed by atoms with Gasteiger partial charge in [-0.1, -0.05) is 0 Å². The number of anilines is 1. The van der Waals surface area contributed by atoms with E-state index in [1.165, 1.54) is 0 Å². The van der Waals surface area contributed by atoms with Crippen LogP contribution in [0.25, 0.3) is 0 Å². The van der Waals surface area contributed by atoms with E-state index < -0.39 is 0 Å². The summed E-state index contributed by atoms with van der Waals surface area (Å²) < 4.78 is 5.07. The molecule has 0 bridgehead atoms. The van der Waals surface area contributed by atoms with Crippen molar-refractivity contribution < 1.29 is 9.53 Å². The van der Waals surface area contributed by atoms with Gasteiger partial charge in [0.05, 0.1) is 13.7 Å². The molecule has 0 aliphatic carbocycles. The van der Waals surface area contributed by atoms with E-state index in [2.05, 4.69) is 10.6 Å². The molecule has 5 nitrogen and oxygen atoms in total. The first-order chi connectivity index (χ1) is 9.15. The van der Waals surface area contributed by atoms with Crippen molar-refractivity contribution in [2.75, 3.05) is 46.2 Å². The van der Waals surface area contributed by atoms with Gasteiger partial charge >= 0.3 is 0 Å². The van der Waals surface area contributed by atoms with Crippen molar-refractivity contribution >= 4 is 11.6 Å². The number of hydrogen-bond acceptors (Lipinski definition) is 4. The second-order valence-electron chi connectivity index (χ2n) is 4.47. The summed E-state index contributed by atoms with van der Waals surface area (Å²) in [6.07, 6.45) is 1.03. The number of benzene rings is 1. The molecule has 0 heterocycles. The minimum Gasteiger partial charge on any atom is -0.497 e. The fourth-order valence-electron chi connectivity index (χ4n) is 1.72. The smallest absolute Gasteiger partial charge is 0.238 e. The SMILES string of the molecule is CNCCCN(C)CC(=O)Nc1ccc(OC)cc1. The molecule has 1 amide bonds. The van der Waals surface area contributed by atoms with E-state index in [0.717, 1.165) is 30.9 Å². The van der Waals surface area contributed by atoms with E-state index in [4.69, 9.17) is 4.74 Å². The molecule has 1 rings (SSSR count). The molecule has 0 spiro atoms. The topological polar surface area (TPSA) is 53.6 Å². The van der Waals surface area contributed by atoms with E-state index in [1.54, 1.807) is 7.11 Å². The van der Waals surface area contributed by atoms with Gasteiger partial charge in [0.15, 0.2) is 0 Å². The van der Waals surface area contributed by atoms with Crippen LogP contribution in [0.1, 0.15) is 6.42 Å². The third-order valence-corrected chi connectivity index (χ3v) is 2.75. The van der Waals surface area contributed by atoms with Crippen LogP contribution in [0.5, 0.6) is 5.75 Å². The van der Waals surface area contributed by atoms with Crippen LogP contribution in [0.3, 0.4) is 0 Å². The molecular formula is C14H23N3O2. The molecule has 0 fully saturated rings. The van der Waals surface area contributed by atoms with Crippen LogP contribution in [-0.2, 0) is 4.79 Å². The molecule has 0 aromatic heterocycles. The average Bonchev–Trinajstić information content (AvgIpc) is 2.39. The summed E-state index contributed by atoms with van der Waals surface area (Å²) in [4.78, 5) is 13.8. The highest BCUT2D eigenvalue weighted by atomic mass is 16.5. The standard InChI is InChI=1S/C14H23N3O2/c1-15-9-4-10-17(2)11-14(18)16-12-5-7-13(19-3)8-6-12/h5-8,15H,4,9-11H2,1-3H3,(H,16,18). The number of rotatable bonds is 8. The minimum absolute atomic E-state index is 0.00266. The summed E-state index contributed by atoms with van der Waals surface area (Å²) in [6.45, 7) is 2.26. The second kappa shape index (κ2) is 8.50. The Morgan fingerprint density at radius 2 is 2.00 bits per heavy atom. The van der Waals surface area contributed by atoms with Gasteiger partial charge in [0.1, 0.15) is 5.75 Å². The predicted octanol–water partition coefficient (Wildman–Crippen LogP) is 1.18. The lowest BCUT2D eigenvalue weighted by molar-refractivity contribution is -0.117. The number of nitrogens with one attached hydrogen (secondary N) is 2. The highest BCUT2D eigenvalue weighted by molar-refractivity contribution is 5.92. The van der Waals surface area contributed by atoms with E-state index in [-0.39, 0.29) is 5.91 Å². The van der Waals surface area contributed by atoms with Crippen molar-refractivity contribution in [1.29, 1.82) is 0 Å². The van der Waals surface area contributed by atoms with Crippen LogP contribution < -0.4 is 15.4 Å². The molecule has 106 valence electrons. The first-order valence-corrected chi connectivity index (χ1v) is 6.42. The van der Waals surface area contributed by atoms with E-state index in [0.29, 0.717) is 6.54 Å². The number of methoxy groups -OCH3 is 1. The monoisotopic (exact) mass is 265 g/mol. The van der Waals surface area contributed by atoms with Crippen molar-refractivity contribution in [3.05, 3.63) is 24.3 Å². The van der Waals surface area contributed by atoms with Gasteiger partial charge in [-0.3, -0.25) is 9.69 Å². The summed E-state index contributed by atoms with van der Waals surface area (Å²) >= 11 is 0. The van der Waals surface area contributed by atoms with E-state index in [9.17, 15) is 4.79 Å². The number of hydrogen-bond donors (Lipinski definition) is 2. The van der Waals surface area contributed by atoms with Crippen molar-refractivity contribution in [1.82, 2.24) is 10.2 Å². The van der Waals surface area contributed by atoms with Crippen LogP contribution in [-0.4, -0.2) is 51.6 Å². The molecule has 19 heavy (non-hydrogen) atoms. The average molecular weight is 265 g/mol. The van der Waals surface area contributed by atoms with Crippen LogP contribution in [0, 0.1) is 0 Å². The quantitative estimate of drug-likeness (QED) is 0.693. The third-order valence-electron chi connectivity index (χ3n) is 2.75.